The summed E-state index contributed by atoms with van der Waals surface area (Å²) in [6, 6.07) is 48.2. The first-order valence-corrected chi connectivity index (χ1v) is 17.5. The number of aromatic nitrogens is 4. The lowest BCUT2D eigenvalue weighted by molar-refractivity contribution is 0.478. The van der Waals surface area contributed by atoms with Gasteiger partial charge in [-0.15, -0.1) is 5.10 Å². The summed E-state index contributed by atoms with van der Waals surface area (Å²) in [5.41, 5.74) is 9.44. The van der Waals surface area contributed by atoms with Gasteiger partial charge < -0.3 is 9.64 Å². The minimum atomic E-state index is -0.167. The molecule has 1 aliphatic heterocycles. The summed E-state index contributed by atoms with van der Waals surface area (Å²) in [7, 11) is 0. The van der Waals surface area contributed by atoms with Crippen LogP contribution >= 0.6 is 0 Å². The Morgan fingerprint density at radius 2 is 1.33 bits per heavy atom. The van der Waals surface area contributed by atoms with Gasteiger partial charge in [0.2, 0.25) is 0 Å². The predicted octanol–water partition coefficient (Wildman–Crippen LogP) is 11.2. The SMILES string of the molecule is CC(C)(C)c1cc(Oc2cccc(-c3cc(C(C)(C)c4ccccc4)ccn3)c2)cc(N2Cn3nc(-c4ccccc4)nc3-c3ccccc32)c1. The van der Waals surface area contributed by atoms with Crippen molar-refractivity contribution in [3.8, 4) is 45.5 Å². The first-order valence-electron chi connectivity index (χ1n) is 17.5. The number of hydrogen-bond donors (Lipinski definition) is 0. The van der Waals surface area contributed by atoms with E-state index in [4.69, 9.17) is 19.8 Å². The molecule has 0 fully saturated rings. The fourth-order valence-corrected chi connectivity index (χ4v) is 6.76. The van der Waals surface area contributed by atoms with Crippen LogP contribution in [-0.4, -0.2) is 19.7 Å². The van der Waals surface area contributed by atoms with E-state index in [0.717, 1.165) is 56.9 Å². The maximum absolute atomic E-state index is 6.70. The molecule has 3 heterocycles. The number of benzene rings is 5. The number of para-hydroxylation sites is 1. The van der Waals surface area contributed by atoms with E-state index in [2.05, 4.69) is 149 Å². The van der Waals surface area contributed by atoms with Crippen LogP contribution < -0.4 is 9.64 Å². The van der Waals surface area contributed by atoms with E-state index in [9.17, 15) is 0 Å². The fourth-order valence-electron chi connectivity index (χ4n) is 6.76. The Kier molecular flexibility index (Phi) is 8.02. The first kappa shape index (κ1) is 32.2. The highest BCUT2D eigenvalue weighted by Crippen LogP contribution is 2.43. The zero-order chi connectivity index (χ0) is 35.2. The number of ether oxygens (including phenoxy) is 1. The lowest BCUT2D eigenvalue weighted by Gasteiger charge is -2.32. The molecule has 0 spiro atoms. The third-order valence-corrected chi connectivity index (χ3v) is 9.83. The van der Waals surface area contributed by atoms with Crippen LogP contribution in [0.5, 0.6) is 11.5 Å². The molecule has 0 bridgehead atoms. The number of anilines is 2. The second-order valence-corrected chi connectivity index (χ2v) is 14.7. The standard InChI is InChI=1S/C45H41N5O/c1-44(2,3)35-26-36(49-30-50-43(39-21-12-13-22-41(39)49)47-42(48-50)31-15-8-6-9-16-31)29-38(27-35)51-37-20-14-17-32(25-37)40-28-34(23-24-46-40)45(4,5)33-18-10-7-11-19-33/h6-29H,30H2,1-5H3. The zero-order valence-electron chi connectivity index (χ0n) is 29.7. The number of rotatable bonds is 7. The third-order valence-electron chi connectivity index (χ3n) is 9.83. The largest absolute Gasteiger partial charge is 0.457 e. The highest BCUT2D eigenvalue weighted by Gasteiger charge is 2.28. The van der Waals surface area contributed by atoms with Crippen LogP contribution in [-0.2, 0) is 17.5 Å². The van der Waals surface area contributed by atoms with Gasteiger partial charge >= 0.3 is 0 Å². The number of hydrogen-bond acceptors (Lipinski definition) is 5. The van der Waals surface area contributed by atoms with Crippen LogP contribution in [0.3, 0.4) is 0 Å². The van der Waals surface area contributed by atoms with Gasteiger partial charge in [-0.2, -0.15) is 0 Å². The highest BCUT2D eigenvalue weighted by atomic mass is 16.5. The highest BCUT2D eigenvalue weighted by molar-refractivity contribution is 5.82. The quantitative estimate of drug-likeness (QED) is 0.169. The molecule has 252 valence electrons. The van der Waals surface area contributed by atoms with E-state index in [0.29, 0.717) is 6.67 Å². The van der Waals surface area contributed by atoms with Crippen molar-refractivity contribution >= 4 is 11.4 Å². The van der Waals surface area contributed by atoms with Crippen LogP contribution in [0.1, 0.15) is 51.3 Å². The number of fused-ring (bicyclic) bond motifs is 3. The summed E-state index contributed by atoms with van der Waals surface area (Å²) in [5.74, 6) is 3.11. The van der Waals surface area contributed by atoms with Gasteiger partial charge in [0, 0.05) is 40.1 Å². The Hall–Kier alpha value is -6.01. The van der Waals surface area contributed by atoms with Crippen LogP contribution in [0.15, 0.2) is 146 Å². The lowest BCUT2D eigenvalue weighted by atomic mass is 9.78. The number of nitrogens with zero attached hydrogens (tertiary/aromatic N) is 5. The second kappa shape index (κ2) is 12.7. The Balaban J connectivity index is 1.14. The van der Waals surface area contributed by atoms with Crippen LogP contribution in [0.25, 0.3) is 34.0 Å². The Labute approximate surface area is 300 Å². The van der Waals surface area contributed by atoms with Gasteiger partial charge in [-0.05, 0) is 70.6 Å². The minimum Gasteiger partial charge on any atom is -0.457 e. The van der Waals surface area contributed by atoms with Crippen molar-refractivity contribution in [1.29, 1.82) is 0 Å². The zero-order valence-corrected chi connectivity index (χ0v) is 29.7. The molecule has 8 rings (SSSR count). The van der Waals surface area contributed by atoms with Crippen molar-refractivity contribution in [2.75, 3.05) is 4.90 Å². The van der Waals surface area contributed by atoms with Gasteiger partial charge in [-0.3, -0.25) is 4.98 Å². The molecule has 0 unspecified atom stereocenters. The first-order chi connectivity index (χ1) is 24.6. The molecule has 0 amide bonds. The molecule has 51 heavy (non-hydrogen) atoms. The lowest BCUT2D eigenvalue weighted by Crippen LogP contribution is -2.27. The van der Waals surface area contributed by atoms with Crippen molar-refractivity contribution in [2.24, 2.45) is 0 Å². The maximum atomic E-state index is 6.70. The fraction of sp³-hybridized carbons (Fsp3) is 0.178. The molecule has 7 aromatic rings. The van der Waals surface area contributed by atoms with E-state index in [1.54, 1.807) is 0 Å². The third kappa shape index (κ3) is 6.30. The van der Waals surface area contributed by atoms with Gasteiger partial charge in [0.25, 0.3) is 0 Å². The summed E-state index contributed by atoms with van der Waals surface area (Å²) in [6.07, 6.45) is 1.90. The van der Waals surface area contributed by atoms with Crippen molar-refractivity contribution in [3.63, 3.8) is 0 Å². The van der Waals surface area contributed by atoms with Gasteiger partial charge in [0.1, 0.15) is 18.2 Å². The molecule has 2 aromatic heterocycles. The van der Waals surface area contributed by atoms with Crippen molar-refractivity contribution in [1.82, 2.24) is 19.7 Å². The predicted molar refractivity (Wildman–Crippen MR) is 206 cm³/mol. The molecular formula is C45H41N5O. The van der Waals surface area contributed by atoms with E-state index < -0.39 is 0 Å². The summed E-state index contributed by atoms with van der Waals surface area (Å²) in [6.45, 7) is 11.7. The van der Waals surface area contributed by atoms with E-state index in [1.807, 2.05) is 41.2 Å². The van der Waals surface area contributed by atoms with Crippen LogP contribution in [0.4, 0.5) is 11.4 Å². The van der Waals surface area contributed by atoms with E-state index >= 15 is 0 Å². The van der Waals surface area contributed by atoms with Gasteiger partial charge in [0.15, 0.2) is 11.6 Å². The smallest absolute Gasteiger partial charge is 0.181 e. The molecule has 6 heteroatoms. The average Bonchev–Trinajstić information content (AvgIpc) is 3.60. The van der Waals surface area contributed by atoms with Crippen molar-refractivity contribution < 1.29 is 4.74 Å². The normalized spacial score (nSPS) is 12.7. The Morgan fingerprint density at radius 3 is 2.12 bits per heavy atom. The topological polar surface area (TPSA) is 56.1 Å². The molecular weight excluding hydrogens is 627 g/mol. The summed E-state index contributed by atoms with van der Waals surface area (Å²) >= 11 is 0. The molecule has 5 aromatic carbocycles. The molecule has 0 saturated heterocycles. The minimum absolute atomic E-state index is 0.111. The molecule has 1 aliphatic rings. The average molecular weight is 668 g/mol. The Morgan fingerprint density at radius 1 is 0.608 bits per heavy atom. The molecule has 0 saturated carbocycles. The second-order valence-electron chi connectivity index (χ2n) is 14.7. The molecule has 0 atom stereocenters. The van der Waals surface area contributed by atoms with Crippen LogP contribution in [0.2, 0.25) is 0 Å². The van der Waals surface area contributed by atoms with Gasteiger partial charge in [-0.25, -0.2) is 9.67 Å². The van der Waals surface area contributed by atoms with Crippen molar-refractivity contribution in [2.45, 2.75) is 52.1 Å². The van der Waals surface area contributed by atoms with E-state index in [-0.39, 0.29) is 10.8 Å². The van der Waals surface area contributed by atoms with E-state index in [1.165, 1.54) is 16.7 Å². The summed E-state index contributed by atoms with van der Waals surface area (Å²) in [4.78, 5) is 12.1. The summed E-state index contributed by atoms with van der Waals surface area (Å²) < 4.78 is 8.70. The van der Waals surface area contributed by atoms with Crippen LogP contribution in [0, 0.1) is 0 Å². The van der Waals surface area contributed by atoms with Crippen molar-refractivity contribution in [3.05, 3.63) is 162 Å². The number of pyridine rings is 1. The van der Waals surface area contributed by atoms with Gasteiger partial charge in [-0.1, -0.05) is 120 Å². The molecule has 0 aliphatic carbocycles. The monoisotopic (exact) mass is 667 g/mol. The molecule has 0 radical (unpaired) electrons. The maximum Gasteiger partial charge on any atom is 0.181 e. The van der Waals surface area contributed by atoms with Gasteiger partial charge in [0.05, 0.1) is 11.4 Å². The Bertz CT molecular complexity index is 2340. The summed E-state index contributed by atoms with van der Waals surface area (Å²) in [5, 5.41) is 4.96. The molecule has 6 nitrogen and oxygen atoms in total. The molecule has 0 N–H and O–H groups in total.